The molecule has 0 rings (SSSR count). The standard InChI is InChI=1S/C64H124O17P2/c1-6-10-13-16-19-21-23-24-26-28-35-40-45-50-64(69)81-60(54-75-62(67)48-43-38-33-30-29-32-36-41-46-57(5)9-4)56-79-83(72,73)77-52-58(65)51-76-82(70,71)78-55-59(53-74-61(66)47-42-37-31-18-15-12-8-3)80-63(68)49-44-39-34-27-25-22-20-17-14-11-7-2/h57-60,65H,6-56H2,1-5H3,(H,70,71)(H,72,73)/t57?,58-,59+,60+/m0/s1. The van der Waals surface area contributed by atoms with Crippen LogP contribution in [0.2, 0.25) is 0 Å². The average molecular weight is 1230 g/mol. The first kappa shape index (κ1) is 81.1. The Bertz CT molecular complexity index is 1620. The molecule has 492 valence electrons. The van der Waals surface area contributed by atoms with Crippen LogP contribution in [0.5, 0.6) is 0 Å². The summed E-state index contributed by atoms with van der Waals surface area (Å²) in [7, 11) is -9.88. The second kappa shape index (κ2) is 57.8. The van der Waals surface area contributed by atoms with Gasteiger partial charge in [-0.2, -0.15) is 0 Å². The zero-order valence-electron chi connectivity index (χ0n) is 53.3. The number of phosphoric ester groups is 2. The van der Waals surface area contributed by atoms with E-state index in [0.29, 0.717) is 25.7 Å². The molecule has 19 heteroatoms. The quantitative estimate of drug-likeness (QED) is 0.0222. The first-order valence-corrected chi connectivity index (χ1v) is 36.7. The summed E-state index contributed by atoms with van der Waals surface area (Å²) in [5.74, 6) is -1.36. The highest BCUT2D eigenvalue weighted by Crippen LogP contribution is 2.45. The molecule has 17 nitrogen and oxygen atoms in total. The smallest absolute Gasteiger partial charge is 0.462 e. The molecule has 6 atom stereocenters. The summed E-state index contributed by atoms with van der Waals surface area (Å²) in [6.45, 7) is 7.16. The zero-order valence-corrected chi connectivity index (χ0v) is 55.1. The van der Waals surface area contributed by atoms with Crippen molar-refractivity contribution < 1.29 is 80.2 Å². The van der Waals surface area contributed by atoms with E-state index in [4.69, 9.17) is 37.0 Å². The normalized spacial score (nSPS) is 14.6. The number of unbranched alkanes of at least 4 members (excludes halogenated alkanes) is 35. The van der Waals surface area contributed by atoms with Crippen LogP contribution < -0.4 is 0 Å². The topological polar surface area (TPSA) is 237 Å². The molecule has 0 fully saturated rings. The van der Waals surface area contributed by atoms with Crippen LogP contribution in [0.25, 0.3) is 0 Å². The van der Waals surface area contributed by atoms with Gasteiger partial charge < -0.3 is 33.8 Å². The third kappa shape index (κ3) is 57.6. The Morgan fingerprint density at radius 1 is 0.337 bits per heavy atom. The number of ether oxygens (including phenoxy) is 4. The van der Waals surface area contributed by atoms with E-state index in [1.165, 1.54) is 135 Å². The zero-order chi connectivity index (χ0) is 61.3. The predicted octanol–water partition coefficient (Wildman–Crippen LogP) is 17.8. The van der Waals surface area contributed by atoms with Gasteiger partial charge in [0, 0.05) is 25.7 Å². The van der Waals surface area contributed by atoms with E-state index < -0.39 is 97.5 Å². The van der Waals surface area contributed by atoms with Crippen molar-refractivity contribution in [2.45, 2.75) is 342 Å². The van der Waals surface area contributed by atoms with E-state index >= 15 is 0 Å². The van der Waals surface area contributed by atoms with Gasteiger partial charge in [-0.05, 0) is 31.6 Å². The molecule has 0 spiro atoms. The number of carbonyl (C=O) groups is 4. The van der Waals surface area contributed by atoms with E-state index in [9.17, 15) is 43.2 Å². The van der Waals surface area contributed by atoms with Gasteiger partial charge in [0.15, 0.2) is 12.2 Å². The molecule has 0 saturated carbocycles. The number of aliphatic hydroxyl groups is 1. The monoisotopic (exact) mass is 1230 g/mol. The second-order valence-corrected chi connectivity index (χ2v) is 26.3. The number of hydrogen-bond acceptors (Lipinski definition) is 15. The first-order chi connectivity index (χ1) is 40.1. The number of hydrogen-bond donors (Lipinski definition) is 3. The minimum atomic E-state index is -4.94. The van der Waals surface area contributed by atoms with Crippen molar-refractivity contribution >= 4 is 39.5 Å². The maximum absolute atomic E-state index is 13.0. The molecule has 0 aliphatic carbocycles. The van der Waals surface area contributed by atoms with Crippen LogP contribution in [0.4, 0.5) is 0 Å². The van der Waals surface area contributed by atoms with Crippen LogP contribution >= 0.6 is 15.6 Å². The SMILES string of the molecule is CCCCCCCCCCCCCCCC(=O)O[C@H](COC(=O)CCCCCCCCCCC(C)CC)COP(=O)(O)OC[C@@H](O)COP(=O)(O)OC[C@@H](COC(=O)CCCCCCCCC)OC(=O)CCCCCCCCCCCCC. The lowest BCUT2D eigenvalue weighted by Gasteiger charge is -2.21. The lowest BCUT2D eigenvalue weighted by molar-refractivity contribution is -0.161. The van der Waals surface area contributed by atoms with E-state index in [2.05, 4.69) is 34.6 Å². The third-order valence-corrected chi connectivity index (χ3v) is 17.0. The highest BCUT2D eigenvalue weighted by molar-refractivity contribution is 7.47. The molecule has 0 aromatic rings. The molecule has 0 aromatic carbocycles. The Labute approximate surface area is 505 Å². The van der Waals surface area contributed by atoms with Crippen LogP contribution in [0, 0.1) is 5.92 Å². The molecule has 0 radical (unpaired) electrons. The molecule has 0 aliphatic rings. The Hall–Kier alpha value is -1.94. The van der Waals surface area contributed by atoms with Crippen LogP contribution in [0.1, 0.15) is 324 Å². The first-order valence-electron chi connectivity index (χ1n) is 33.7. The van der Waals surface area contributed by atoms with Crippen molar-refractivity contribution in [1.82, 2.24) is 0 Å². The van der Waals surface area contributed by atoms with Crippen molar-refractivity contribution in [2.75, 3.05) is 39.6 Å². The summed E-state index contributed by atoms with van der Waals surface area (Å²) in [6, 6.07) is 0. The molecule has 0 bridgehead atoms. The molecule has 0 saturated heterocycles. The summed E-state index contributed by atoms with van der Waals surface area (Å²) in [6.07, 6.45) is 41.6. The minimum Gasteiger partial charge on any atom is -0.462 e. The van der Waals surface area contributed by atoms with Crippen molar-refractivity contribution in [3.63, 3.8) is 0 Å². The molecule has 3 N–H and O–H groups in total. The molecule has 0 aliphatic heterocycles. The molecule has 83 heavy (non-hydrogen) atoms. The Kier molecular flexibility index (Phi) is 56.4. The van der Waals surface area contributed by atoms with Gasteiger partial charge in [0.05, 0.1) is 26.4 Å². The van der Waals surface area contributed by atoms with Crippen LogP contribution in [0.3, 0.4) is 0 Å². The molecule has 3 unspecified atom stereocenters. The van der Waals surface area contributed by atoms with Crippen molar-refractivity contribution in [3.05, 3.63) is 0 Å². The van der Waals surface area contributed by atoms with Gasteiger partial charge >= 0.3 is 39.5 Å². The maximum atomic E-state index is 13.0. The summed E-state index contributed by atoms with van der Waals surface area (Å²) in [4.78, 5) is 72.1. The summed E-state index contributed by atoms with van der Waals surface area (Å²) < 4.78 is 67.9. The van der Waals surface area contributed by atoms with Gasteiger partial charge in [-0.1, -0.05) is 272 Å². The highest BCUT2D eigenvalue weighted by Gasteiger charge is 2.30. The number of esters is 4. The molecular weight excluding hydrogens is 1100 g/mol. The van der Waals surface area contributed by atoms with Crippen LogP contribution in [-0.4, -0.2) is 96.7 Å². The van der Waals surface area contributed by atoms with E-state index in [1.807, 2.05) is 0 Å². The molecule has 0 amide bonds. The third-order valence-electron chi connectivity index (χ3n) is 15.1. The molecule has 0 aromatic heterocycles. The van der Waals surface area contributed by atoms with Gasteiger partial charge in [-0.3, -0.25) is 37.3 Å². The molecular formula is C64H124O17P2. The second-order valence-electron chi connectivity index (χ2n) is 23.4. The minimum absolute atomic E-state index is 0.107. The fourth-order valence-electron chi connectivity index (χ4n) is 9.55. The van der Waals surface area contributed by atoms with Crippen LogP contribution in [-0.2, 0) is 65.4 Å². The lowest BCUT2D eigenvalue weighted by Crippen LogP contribution is -2.30. The number of phosphoric acid groups is 2. The van der Waals surface area contributed by atoms with Gasteiger partial charge in [0.2, 0.25) is 0 Å². The lowest BCUT2D eigenvalue weighted by atomic mass is 9.99. The Morgan fingerprint density at radius 2 is 0.578 bits per heavy atom. The maximum Gasteiger partial charge on any atom is 0.472 e. The number of carbonyl (C=O) groups excluding carboxylic acids is 4. The Balaban J connectivity index is 5.22. The molecule has 0 heterocycles. The van der Waals surface area contributed by atoms with E-state index in [1.54, 1.807) is 0 Å². The van der Waals surface area contributed by atoms with E-state index in [-0.39, 0.29) is 25.7 Å². The summed E-state index contributed by atoms with van der Waals surface area (Å²) in [5, 5.41) is 10.5. The fraction of sp³-hybridized carbons (Fsp3) is 0.938. The average Bonchev–Trinajstić information content (AvgIpc) is 3.46. The van der Waals surface area contributed by atoms with Gasteiger partial charge in [0.25, 0.3) is 0 Å². The van der Waals surface area contributed by atoms with Gasteiger partial charge in [-0.15, -0.1) is 0 Å². The van der Waals surface area contributed by atoms with Gasteiger partial charge in [0.1, 0.15) is 19.3 Å². The highest BCUT2D eigenvalue weighted by atomic mass is 31.2. The predicted molar refractivity (Wildman–Crippen MR) is 331 cm³/mol. The summed E-state index contributed by atoms with van der Waals surface area (Å²) in [5.41, 5.74) is 0. The van der Waals surface area contributed by atoms with Crippen LogP contribution in [0.15, 0.2) is 0 Å². The summed E-state index contributed by atoms with van der Waals surface area (Å²) >= 11 is 0. The van der Waals surface area contributed by atoms with Crippen molar-refractivity contribution in [2.24, 2.45) is 5.92 Å². The van der Waals surface area contributed by atoms with Gasteiger partial charge in [-0.25, -0.2) is 9.13 Å². The Morgan fingerprint density at radius 3 is 0.855 bits per heavy atom. The van der Waals surface area contributed by atoms with E-state index in [0.717, 1.165) is 109 Å². The number of aliphatic hydroxyl groups excluding tert-OH is 1. The van der Waals surface area contributed by atoms with Crippen molar-refractivity contribution in [3.8, 4) is 0 Å². The largest absolute Gasteiger partial charge is 0.472 e. The number of rotatable bonds is 64. The fourth-order valence-corrected chi connectivity index (χ4v) is 11.1. The van der Waals surface area contributed by atoms with Crippen molar-refractivity contribution in [1.29, 1.82) is 0 Å².